The van der Waals surface area contributed by atoms with Crippen molar-refractivity contribution in [3.8, 4) is 0 Å². The van der Waals surface area contributed by atoms with Crippen molar-refractivity contribution in [1.29, 1.82) is 0 Å². The fourth-order valence-corrected chi connectivity index (χ4v) is 4.89. The predicted molar refractivity (Wildman–Crippen MR) is 119 cm³/mol. The summed E-state index contributed by atoms with van der Waals surface area (Å²) in [6, 6.07) is 13.5. The Morgan fingerprint density at radius 2 is 2.00 bits per heavy atom. The highest BCUT2D eigenvalue weighted by Crippen LogP contribution is 2.33. The topological polar surface area (TPSA) is 64.4 Å². The second-order valence-corrected chi connectivity index (χ2v) is 8.50. The number of carbonyl (C=O) groups excluding carboxylic acids is 2. The van der Waals surface area contributed by atoms with Crippen molar-refractivity contribution < 1.29 is 14.3 Å². The summed E-state index contributed by atoms with van der Waals surface area (Å²) in [7, 11) is 0. The van der Waals surface area contributed by atoms with E-state index in [-0.39, 0.29) is 17.1 Å². The smallest absolute Gasteiger partial charge is 0.338 e. The van der Waals surface area contributed by atoms with Crippen molar-refractivity contribution >= 4 is 40.4 Å². The number of ether oxygens (including phenoxy) is 1. The summed E-state index contributed by atoms with van der Waals surface area (Å²) in [5.41, 5.74) is 4.39. The molecular weight excluding hydrogens is 398 g/mol. The normalized spacial score (nSPS) is 14.0. The van der Waals surface area contributed by atoms with Crippen molar-refractivity contribution in [2.45, 2.75) is 44.1 Å². The van der Waals surface area contributed by atoms with Crippen LogP contribution in [0.25, 0.3) is 11.0 Å². The first-order chi connectivity index (χ1) is 14.5. The molecule has 0 saturated heterocycles. The number of para-hydroxylation sites is 1. The van der Waals surface area contributed by atoms with Crippen molar-refractivity contribution in [2.75, 3.05) is 18.1 Å². The predicted octanol–water partition coefficient (Wildman–Crippen LogP) is 4.30. The maximum atomic E-state index is 13.1. The Hall–Kier alpha value is -2.80. The first kappa shape index (κ1) is 20.5. The van der Waals surface area contributed by atoms with Gasteiger partial charge in [-0.1, -0.05) is 30.0 Å². The molecule has 3 aromatic rings. The molecule has 1 unspecified atom stereocenters. The van der Waals surface area contributed by atoms with E-state index in [0.717, 1.165) is 41.4 Å². The SMILES string of the molecule is CCOC(=O)c1ccc2c(c1)nc(SC(C)C(=O)N1CCc3ccccc31)n2CC. The van der Waals surface area contributed by atoms with Gasteiger partial charge in [0.25, 0.3) is 0 Å². The summed E-state index contributed by atoms with van der Waals surface area (Å²) in [5.74, 6) is -0.261. The number of thioether (sulfide) groups is 1. The number of carbonyl (C=O) groups is 2. The van der Waals surface area contributed by atoms with Crippen LogP contribution in [0.2, 0.25) is 0 Å². The highest BCUT2D eigenvalue weighted by molar-refractivity contribution is 8.00. The van der Waals surface area contributed by atoms with E-state index in [4.69, 9.17) is 9.72 Å². The number of aromatic nitrogens is 2. The van der Waals surface area contributed by atoms with E-state index in [0.29, 0.717) is 12.2 Å². The van der Waals surface area contributed by atoms with Crippen LogP contribution in [-0.4, -0.2) is 39.8 Å². The number of fused-ring (bicyclic) bond motifs is 2. The molecule has 6 nitrogen and oxygen atoms in total. The molecule has 0 N–H and O–H groups in total. The first-order valence-electron chi connectivity index (χ1n) is 10.3. The van der Waals surface area contributed by atoms with Gasteiger partial charge in [-0.15, -0.1) is 0 Å². The Morgan fingerprint density at radius 3 is 2.77 bits per heavy atom. The van der Waals surface area contributed by atoms with Gasteiger partial charge in [-0.25, -0.2) is 9.78 Å². The number of esters is 1. The minimum Gasteiger partial charge on any atom is -0.462 e. The minimum absolute atomic E-state index is 0.0897. The van der Waals surface area contributed by atoms with Crippen LogP contribution in [0.15, 0.2) is 47.6 Å². The molecule has 1 aliphatic rings. The van der Waals surface area contributed by atoms with Crippen molar-refractivity contribution in [3.63, 3.8) is 0 Å². The van der Waals surface area contributed by atoms with Crippen LogP contribution < -0.4 is 4.90 Å². The van der Waals surface area contributed by atoms with E-state index >= 15 is 0 Å². The van der Waals surface area contributed by atoms with Crippen molar-refractivity contribution in [1.82, 2.24) is 9.55 Å². The van der Waals surface area contributed by atoms with Gasteiger partial charge in [-0.2, -0.15) is 0 Å². The zero-order chi connectivity index (χ0) is 21.3. The summed E-state index contributed by atoms with van der Waals surface area (Å²) in [4.78, 5) is 31.8. The second-order valence-electron chi connectivity index (χ2n) is 7.19. The Labute approximate surface area is 180 Å². The van der Waals surface area contributed by atoms with Gasteiger partial charge in [0.05, 0.1) is 28.5 Å². The zero-order valence-corrected chi connectivity index (χ0v) is 18.2. The molecule has 7 heteroatoms. The average molecular weight is 424 g/mol. The maximum absolute atomic E-state index is 13.1. The highest BCUT2D eigenvalue weighted by Gasteiger charge is 2.29. The van der Waals surface area contributed by atoms with Gasteiger partial charge >= 0.3 is 5.97 Å². The molecule has 0 saturated carbocycles. The first-order valence-corrected chi connectivity index (χ1v) is 11.1. The third-order valence-electron chi connectivity index (χ3n) is 5.32. The third-order valence-corrected chi connectivity index (χ3v) is 6.40. The molecular formula is C23H25N3O3S. The lowest BCUT2D eigenvalue weighted by Gasteiger charge is -2.21. The number of amides is 1. The Balaban J connectivity index is 1.58. The molecule has 2 aromatic carbocycles. The quantitative estimate of drug-likeness (QED) is 0.437. The van der Waals surface area contributed by atoms with Gasteiger partial charge in [0.1, 0.15) is 0 Å². The lowest BCUT2D eigenvalue weighted by atomic mass is 10.2. The summed E-state index contributed by atoms with van der Waals surface area (Å²) in [6.07, 6.45) is 0.892. The summed E-state index contributed by atoms with van der Waals surface area (Å²) in [6.45, 7) is 7.54. The Bertz CT molecular complexity index is 1110. The van der Waals surface area contributed by atoms with Crippen molar-refractivity contribution in [3.05, 3.63) is 53.6 Å². The second kappa shape index (κ2) is 8.52. The Kier molecular flexibility index (Phi) is 5.81. The summed E-state index contributed by atoms with van der Waals surface area (Å²) >= 11 is 1.46. The van der Waals surface area contributed by atoms with E-state index in [2.05, 4.69) is 10.6 Å². The third kappa shape index (κ3) is 3.69. The molecule has 1 amide bonds. The monoisotopic (exact) mass is 423 g/mol. The summed E-state index contributed by atoms with van der Waals surface area (Å²) in [5, 5.41) is 0.504. The van der Waals surface area contributed by atoms with Crippen LogP contribution in [0.3, 0.4) is 0 Å². The van der Waals surface area contributed by atoms with Gasteiger partial charge < -0.3 is 14.2 Å². The highest BCUT2D eigenvalue weighted by atomic mass is 32.2. The van der Waals surface area contributed by atoms with E-state index < -0.39 is 0 Å². The fraction of sp³-hybridized carbons (Fsp3) is 0.348. The van der Waals surface area contributed by atoms with E-state index in [1.807, 2.05) is 43.0 Å². The molecule has 0 radical (unpaired) electrons. The molecule has 4 rings (SSSR count). The molecule has 156 valence electrons. The lowest BCUT2D eigenvalue weighted by Crippen LogP contribution is -2.35. The average Bonchev–Trinajstić information content (AvgIpc) is 3.33. The number of benzene rings is 2. The molecule has 1 atom stereocenters. The molecule has 1 aliphatic heterocycles. The minimum atomic E-state index is -0.351. The van der Waals surface area contributed by atoms with E-state index in [1.54, 1.807) is 19.1 Å². The molecule has 0 aliphatic carbocycles. The van der Waals surface area contributed by atoms with Gasteiger partial charge in [0, 0.05) is 18.8 Å². The van der Waals surface area contributed by atoms with Gasteiger partial charge in [0.2, 0.25) is 5.91 Å². The van der Waals surface area contributed by atoms with Crippen LogP contribution in [0, 0.1) is 0 Å². The number of rotatable bonds is 6. The maximum Gasteiger partial charge on any atom is 0.338 e. The lowest BCUT2D eigenvalue weighted by molar-refractivity contribution is -0.117. The number of hydrogen-bond donors (Lipinski definition) is 0. The summed E-state index contributed by atoms with van der Waals surface area (Å²) < 4.78 is 7.17. The zero-order valence-electron chi connectivity index (χ0n) is 17.4. The van der Waals surface area contributed by atoms with Gasteiger partial charge in [-0.05, 0) is 57.0 Å². The number of nitrogens with zero attached hydrogens (tertiary/aromatic N) is 3. The number of imidazole rings is 1. The van der Waals surface area contributed by atoms with Crippen LogP contribution in [0.1, 0.15) is 36.7 Å². The molecule has 0 bridgehead atoms. The molecule has 30 heavy (non-hydrogen) atoms. The van der Waals surface area contributed by atoms with E-state index in [1.165, 1.54) is 17.3 Å². The largest absolute Gasteiger partial charge is 0.462 e. The number of hydrogen-bond acceptors (Lipinski definition) is 5. The van der Waals surface area contributed by atoms with Gasteiger partial charge in [0.15, 0.2) is 5.16 Å². The molecule has 0 fully saturated rings. The van der Waals surface area contributed by atoms with Gasteiger partial charge in [-0.3, -0.25) is 4.79 Å². The molecule has 0 spiro atoms. The number of anilines is 1. The van der Waals surface area contributed by atoms with Crippen LogP contribution in [0.4, 0.5) is 5.69 Å². The standard InChI is InChI=1S/C23H25N3O3S/c1-4-25-20-11-10-17(22(28)29-5-2)14-18(20)24-23(25)30-15(3)21(27)26-13-12-16-8-6-7-9-19(16)26/h6-11,14-15H,4-5,12-13H2,1-3H3. The molecule has 1 aromatic heterocycles. The fourth-order valence-electron chi connectivity index (χ4n) is 3.84. The van der Waals surface area contributed by atoms with Crippen molar-refractivity contribution in [2.24, 2.45) is 0 Å². The molecule has 2 heterocycles. The van der Waals surface area contributed by atoms with Crippen LogP contribution in [0.5, 0.6) is 0 Å². The number of aryl methyl sites for hydroxylation is 1. The Morgan fingerprint density at radius 1 is 1.20 bits per heavy atom. The van der Waals surface area contributed by atoms with Crippen LogP contribution in [-0.2, 0) is 22.5 Å². The van der Waals surface area contributed by atoms with Crippen LogP contribution >= 0.6 is 11.8 Å². The van der Waals surface area contributed by atoms with E-state index in [9.17, 15) is 9.59 Å².